The Morgan fingerprint density at radius 3 is 2.20 bits per heavy atom. The summed E-state index contributed by atoms with van der Waals surface area (Å²) in [5.41, 5.74) is 6.79. The number of rotatable bonds is 11. The van der Waals surface area contributed by atoms with E-state index in [-0.39, 0.29) is 36.7 Å². The molecule has 0 spiro atoms. The Labute approximate surface area is 298 Å². The Bertz CT molecular complexity index is 1850. The van der Waals surface area contributed by atoms with Gasteiger partial charge in [0, 0.05) is 47.9 Å². The second-order valence-corrected chi connectivity index (χ2v) is 15.7. The predicted octanol–water partition coefficient (Wildman–Crippen LogP) is 7.69. The molecule has 6 rings (SSSR count). The van der Waals surface area contributed by atoms with Gasteiger partial charge in [-0.15, -0.1) is 11.3 Å². The lowest BCUT2D eigenvalue weighted by molar-refractivity contribution is -0.153. The number of benzene rings is 2. The lowest BCUT2D eigenvalue weighted by Crippen LogP contribution is -2.59. The summed E-state index contributed by atoms with van der Waals surface area (Å²) in [6.45, 7) is 8.78. The first-order valence-electron chi connectivity index (χ1n) is 17.6. The molecule has 260 valence electrons. The van der Waals surface area contributed by atoms with Crippen LogP contribution in [0.2, 0.25) is 0 Å². The molecule has 2 aliphatic rings. The highest BCUT2D eigenvalue weighted by Gasteiger charge is 2.39. The molecule has 2 amide bonds. The molecule has 3 heterocycles. The number of aryl methyl sites for hydroxylation is 1. The van der Waals surface area contributed by atoms with Gasteiger partial charge >= 0.3 is 5.97 Å². The number of thiophene rings is 1. The molecule has 9 heteroatoms. The Balaban J connectivity index is 1.10. The minimum absolute atomic E-state index is 0.0915. The van der Waals surface area contributed by atoms with Gasteiger partial charge in [-0.3, -0.25) is 14.4 Å². The van der Waals surface area contributed by atoms with Crippen molar-refractivity contribution in [1.29, 1.82) is 0 Å². The lowest BCUT2D eigenvalue weighted by atomic mass is 9.83. The summed E-state index contributed by atoms with van der Waals surface area (Å²) in [4.78, 5) is 50.7. The van der Waals surface area contributed by atoms with Crippen molar-refractivity contribution in [3.63, 3.8) is 0 Å². The topological polar surface area (TPSA) is 112 Å². The number of nitrogens with zero attached hydrogens (tertiary/aromatic N) is 3. The highest BCUT2D eigenvalue weighted by atomic mass is 32.1. The Hall–Kier alpha value is -4.63. The zero-order valence-corrected chi connectivity index (χ0v) is 30.1. The van der Waals surface area contributed by atoms with Crippen LogP contribution in [0.1, 0.15) is 96.1 Å². The number of aromatic nitrogens is 2. The van der Waals surface area contributed by atoms with E-state index in [0.717, 1.165) is 53.7 Å². The summed E-state index contributed by atoms with van der Waals surface area (Å²) in [5, 5.41) is 12.3. The van der Waals surface area contributed by atoms with Crippen molar-refractivity contribution in [2.24, 2.45) is 5.92 Å². The molecule has 1 aliphatic carbocycles. The second-order valence-electron chi connectivity index (χ2n) is 14.6. The minimum Gasteiger partial charge on any atom is -0.481 e. The number of hydrogen-bond donors (Lipinski definition) is 2. The number of nitrogens with one attached hydrogen (secondary N) is 1. The highest BCUT2D eigenvalue weighted by molar-refractivity contribution is 7.14. The van der Waals surface area contributed by atoms with Gasteiger partial charge in [0.2, 0.25) is 5.91 Å². The number of likely N-dealkylation sites (tertiary alicyclic amines) is 1. The van der Waals surface area contributed by atoms with E-state index >= 15 is 0 Å². The largest absolute Gasteiger partial charge is 0.481 e. The van der Waals surface area contributed by atoms with Crippen LogP contribution in [-0.4, -0.2) is 56.9 Å². The first-order chi connectivity index (χ1) is 24.0. The van der Waals surface area contributed by atoms with Gasteiger partial charge in [0.1, 0.15) is 6.04 Å². The van der Waals surface area contributed by atoms with E-state index in [4.69, 9.17) is 0 Å². The standard InChI is InChI=1S/C41H46N4O4S/c1-5-6-26-7-11-28(12-8-26)29-15-17-30(18-16-29)32-22-42-37(43-23-32)31-13-9-27(10-14-31)21-34(39(47)45-24-33(25-45)40(48)49)44-38(46)35-19-20-36(50-35)41(2,3)4/h7-14,17,19-20,22-23,29,33-34H,5-6,15-16,18,21,24-25H2,1-4H3,(H,44,46)(H,48,49)/t29?,34-/m0/s1. The smallest absolute Gasteiger partial charge is 0.310 e. The van der Waals surface area contributed by atoms with Crippen molar-refractivity contribution in [2.75, 3.05) is 13.1 Å². The number of carbonyl (C=O) groups excluding carboxylic acids is 2. The van der Waals surface area contributed by atoms with E-state index < -0.39 is 17.9 Å². The number of hydrogen-bond acceptors (Lipinski definition) is 6. The molecule has 1 unspecified atom stereocenters. The van der Waals surface area contributed by atoms with Gasteiger partial charge < -0.3 is 15.3 Å². The molecule has 1 saturated heterocycles. The average Bonchev–Trinajstić information content (AvgIpc) is 3.60. The number of amides is 2. The molecule has 50 heavy (non-hydrogen) atoms. The molecule has 4 aromatic rings. The number of carboxylic acid groups (broad SMARTS) is 1. The summed E-state index contributed by atoms with van der Waals surface area (Å²) < 4.78 is 0. The summed E-state index contributed by atoms with van der Waals surface area (Å²) in [5.74, 6) is -0.918. The van der Waals surface area contributed by atoms with Crippen molar-refractivity contribution < 1.29 is 19.5 Å². The molecular formula is C41H46N4O4S. The third kappa shape index (κ3) is 8.21. The number of carboxylic acids is 1. The fourth-order valence-electron chi connectivity index (χ4n) is 6.64. The quantitative estimate of drug-likeness (QED) is 0.167. The predicted molar refractivity (Wildman–Crippen MR) is 198 cm³/mol. The molecule has 0 radical (unpaired) electrons. The third-order valence-corrected chi connectivity index (χ3v) is 11.3. The van der Waals surface area contributed by atoms with Gasteiger partial charge in [-0.25, -0.2) is 9.97 Å². The van der Waals surface area contributed by atoms with Gasteiger partial charge in [0.15, 0.2) is 5.82 Å². The maximum absolute atomic E-state index is 13.5. The summed E-state index contributed by atoms with van der Waals surface area (Å²) in [7, 11) is 0. The fraction of sp³-hybridized carbons (Fsp3) is 0.390. The van der Waals surface area contributed by atoms with Crippen LogP contribution in [-0.2, 0) is 27.8 Å². The zero-order chi connectivity index (χ0) is 35.4. The molecule has 2 atom stereocenters. The second kappa shape index (κ2) is 15.1. The van der Waals surface area contributed by atoms with E-state index in [1.165, 1.54) is 32.9 Å². The first kappa shape index (κ1) is 35.2. The molecule has 2 aromatic carbocycles. The number of aliphatic carboxylic acids is 1. The molecule has 8 nitrogen and oxygen atoms in total. The Kier molecular flexibility index (Phi) is 10.6. The van der Waals surface area contributed by atoms with Gasteiger partial charge in [-0.1, -0.05) is 88.7 Å². The maximum Gasteiger partial charge on any atom is 0.310 e. The number of allylic oxidation sites excluding steroid dienone is 2. The maximum atomic E-state index is 13.5. The third-order valence-electron chi connectivity index (χ3n) is 9.79. The van der Waals surface area contributed by atoms with Gasteiger partial charge in [-0.2, -0.15) is 0 Å². The van der Waals surface area contributed by atoms with Crippen LogP contribution in [0, 0.1) is 5.92 Å². The van der Waals surface area contributed by atoms with Crippen LogP contribution >= 0.6 is 11.3 Å². The SMILES string of the molecule is CCCc1ccc(C2CC=C(c3cnc(-c4ccc(C[C@H](NC(=O)c5ccc(C(C)(C)C)s5)C(=O)N5CC(C(=O)O)C5)cc4)nc3)CC2)cc1. The van der Waals surface area contributed by atoms with Crippen molar-refractivity contribution in [1.82, 2.24) is 20.2 Å². The summed E-state index contributed by atoms with van der Waals surface area (Å²) in [6.07, 6.45) is 11.8. The lowest BCUT2D eigenvalue weighted by Gasteiger charge is -2.38. The molecule has 2 aromatic heterocycles. The molecular weight excluding hydrogens is 645 g/mol. The van der Waals surface area contributed by atoms with Crippen LogP contribution in [0.4, 0.5) is 0 Å². The fourth-order valence-corrected chi connectivity index (χ4v) is 7.61. The average molecular weight is 691 g/mol. The molecule has 1 fully saturated rings. The van der Waals surface area contributed by atoms with Crippen molar-refractivity contribution in [3.8, 4) is 11.4 Å². The van der Waals surface area contributed by atoms with Crippen LogP contribution < -0.4 is 5.32 Å². The normalized spacial score (nSPS) is 17.1. The number of carbonyl (C=O) groups is 3. The Morgan fingerprint density at radius 1 is 0.940 bits per heavy atom. The van der Waals surface area contributed by atoms with Gasteiger partial charge in [0.05, 0.1) is 10.8 Å². The van der Waals surface area contributed by atoms with E-state index in [1.54, 1.807) is 6.07 Å². The van der Waals surface area contributed by atoms with Crippen molar-refractivity contribution in [2.45, 2.75) is 83.6 Å². The van der Waals surface area contributed by atoms with Crippen molar-refractivity contribution in [3.05, 3.63) is 111 Å². The van der Waals surface area contributed by atoms with Crippen LogP contribution in [0.3, 0.4) is 0 Å². The molecule has 0 saturated carbocycles. The highest BCUT2D eigenvalue weighted by Crippen LogP contribution is 2.36. The van der Waals surface area contributed by atoms with Gasteiger partial charge in [-0.05, 0) is 71.4 Å². The molecule has 1 aliphatic heterocycles. The zero-order valence-electron chi connectivity index (χ0n) is 29.3. The van der Waals surface area contributed by atoms with Crippen molar-refractivity contribution >= 4 is 34.7 Å². The monoisotopic (exact) mass is 690 g/mol. The van der Waals surface area contributed by atoms with E-state index in [1.807, 2.05) is 42.7 Å². The van der Waals surface area contributed by atoms with Crippen LogP contribution in [0.15, 0.2) is 79.1 Å². The van der Waals surface area contributed by atoms with E-state index in [9.17, 15) is 19.5 Å². The van der Waals surface area contributed by atoms with E-state index in [0.29, 0.717) is 16.6 Å². The van der Waals surface area contributed by atoms with Gasteiger partial charge in [0.25, 0.3) is 5.91 Å². The van der Waals surface area contributed by atoms with Crippen LogP contribution in [0.25, 0.3) is 17.0 Å². The Morgan fingerprint density at radius 2 is 1.62 bits per heavy atom. The minimum atomic E-state index is -0.915. The molecule has 0 bridgehead atoms. The first-order valence-corrected chi connectivity index (χ1v) is 18.4. The molecule has 2 N–H and O–H groups in total. The summed E-state index contributed by atoms with van der Waals surface area (Å²) >= 11 is 1.42. The van der Waals surface area contributed by atoms with Crippen LogP contribution in [0.5, 0.6) is 0 Å². The van der Waals surface area contributed by atoms with E-state index in [2.05, 4.69) is 73.3 Å². The summed E-state index contributed by atoms with van der Waals surface area (Å²) in [6, 6.07) is 19.8.